The van der Waals surface area contributed by atoms with E-state index in [0.717, 1.165) is 4.57 Å². The van der Waals surface area contributed by atoms with Crippen molar-refractivity contribution in [1.82, 2.24) is 14.1 Å². The van der Waals surface area contributed by atoms with Crippen LogP contribution in [0.4, 0.5) is 4.79 Å². The number of aromatic nitrogens is 3. The minimum atomic E-state index is -0.817. The zero-order valence-electron chi connectivity index (χ0n) is 16.3. The third kappa shape index (κ3) is 3.84. The molecule has 3 rings (SSSR count). The van der Waals surface area contributed by atoms with E-state index in [9.17, 15) is 14.4 Å². The number of pyridine rings is 2. The molecule has 3 aromatic rings. The zero-order chi connectivity index (χ0) is 20.6. The number of aryl methyl sites for hydroxylation is 1. The van der Waals surface area contributed by atoms with E-state index in [1.165, 1.54) is 22.0 Å². The van der Waals surface area contributed by atoms with Gasteiger partial charge in [0.05, 0.1) is 16.9 Å². The number of carbonyl (C=O) groups is 1. The summed E-state index contributed by atoms with van der Waals surface area (Å²) in [6.07, 6.45) is 0.733. The summed E-state index contributed by atoms with van der Waals surface area (Å²) in [5.74, 6) is 0. The summed E-state index contributed by atoms with van der Waals surface area (Å²) in [7, 11) is 1.59. The zero-order valence-corrected chi connectivity index (χ0v) is 17.1. The molecule has 0 N–H and O–H groups in total. The van der Waals surface area contributed by atoms with Gasteiger partial charge in [0.1, 0.15) is 5.60 Å². The first-order valence-corrected chi connectivity index (χ1v) is 9.52. The third-order valence-corrected chi connectivity index (χ3v) is 4.68. The number of nitrogens with zero attached hydrogens (tertiary/aromatic N) is 3. The van der Waals surface area contributed by atoms with E-state index in [0.29, 0.717) is 22.1 Å². The van der Waals surface area contributed by atoms with E-state index in [1.54, 1.807) is 46.1 Å². The minimum absolute atomic E-state index is 0.182. The summed E-state index contributed by atoms with van der Waals surface area (Å²) in [6.45, 7) is 7.39. The van der Waals surface area contributed by atoms with Gasteiger partial charge in [0.15, 0.2) is 5.65 Å². The highest BCUT2D eigenvalue weighted by atomic mass is 32.1. The average Bonchev–Trinajstić information content (AvgIpc) is 2.97. The monoisotopic (exact) mass is 403 g/mol. The van der Waals surface area contributed by atoms with E-state index in [2.05, 4.69) is 4.98 Å². The molecule has 0 atom stereocenters. The molecular formula is C19H21N3O5S. The molecule has 3 heterocycles. The van der Waals surface area contributed by atoms with Gasteiger partial charge < -0.3 is 14.0 Å². The van der Waals surface area contributed by atoms with Gasteiger partial charge in [0.2, 0.25) is 5.56 Å². The second-order valence-corrected chi connectivity index (χ2v) is 8.14. The predicted octanol–water partition coefficient (Wildman–Crippen LogP) is 3.01. The number of hydrogen-bond donors (Lipinski definition) is 0. The molecule has 0 aliphatic rings. The van der Waals surface area contributed by atoms with Gasteiger partial charge in [-0.15, -0.1) is 0 Å². The van der Waals surface area contributed by atoms with Crippen LogP contribution in [0.25, 0.3) is 21.5 Å². The van der Waals surface area contributed by atoms with Crippen molar-refractivity contribution in [3.8, 4) is 16.3 Å². The van der Waals surface area contributed by atoms with E-state index in [-0.39, 0.29) is 16.8 Å². The van der Waals surface area contributed by atoms with Gasteiger partial charge in [-0.05, 0) is 39.8 Å². The van der Waals surface area contributed by atoms with Gasteiger partial charge in [0.25, 0.3) is 10.8 Å². The van der Waals surface area contributed by atoms with Crippen LogP contribution in [0.2, 0.25) is 0 Å². The van der Waals surface area contributed by atoms with Crippen LogP contribution in [0.1, 0.15) is 27.7 Å². The number of ether oxygens (including phenoxy) is 2. The van der Waals surface area contributed by atoms with Crippen LogP contribution >= 0.6 is 11.3 Å². The fourth-order valence-electron chi connectivity index (χ4n) is 2.59. The Balaban J connectivity index is 2.29. The summed E-state index contributed by atoms with van der Waals surface area (Å²) in [5.41, 5.74) is -0.601. The molecule has 0 aliphatic carbocycles. The van der Waals surface area contributed by atoms with Crippen LogP contribution in [0.5, 0.6) is 5.19 Å². The highest BCUT2D eigenvalue weighted by Gasteiger charge is 2.25. The highest BCUT2D eigenvalue weighted by molar-refractivity contribution is 7.20. The molecule has 0 spiro atoms. The molecule has 3 aromatic heterocycles. The fraction of sp³-hybridized carbons (Fsp3) is 0.368. The predicted molar refractivity (Wildman–Crippen MR) is 107 cm³/mol. The van der Waals surface area contributed by atoms with Crippen LogP contribution in [-0.4, -0.2) is 32.4 Å². The first-order chi connectivity index (χ1) is 13.1. The van der Waals surface area contributed by atoms with Crippen molar-refractivity contribution in [2.75, 3.05) is 6.61 Å². The molecule has 0 bridgehead atoms. The second-order valence-electron chi connectivity index (χ2n) is 7.15. The SMILES string of the molecule is CCOc1nc2c(cc(-c3ccc(=O)n(C)c3)c(=O)n2C(=O)OC(C)(C)C)s1. The van der Waals surface area contributed by atoms with Crippen molar-refractivity contribution in [2.45, 2.75) is 33.3 Å². The van der Waals surface area contributed by atoms with Crippen LogP contribution in [0, 0.1) is 0 Å². The molecular weight excluding hydrogens is 382 g/mol. The van der Waals surface area contributed by atoms with Crippen LogP contribution in [0.3, 0.4) is 0 Å². The number of fused-ring (bicyclic) bond motifs is 1. The van der Waals surface area contributed by atoms with Gasteiger partial charge in [0, 0.05) is 24.9 Å². The minimum Gasteiger partial charge on any atom is -0.470 e. The Bertz CT molecular complexity index is 1170. The van der Waals surface area contributed by atoms with E-state index < -0.39 is 17.3 Å². The summed E-state index contributed by atoms with van der Waals surface area (Å²) < 4.78 is 13.7. The maximum absolute atomic E-state index is 13.2. The van der Waals surface area contributed by atoms with Gasteiger partial charge in [-0.3, -0.25) is 9.59 Å². The average molecular weight is 403 g/mol. The number of rotatable bonds is 3. The Hall–Kier alpha value is -2.94. The lowest BCUT2D eigenvalue weighted by molar-refractivity contribution is 0.0538. The fourth-order valence-corrected chi connectivity index (χ4v) is 3.49. The molecule has 148 valence electrons. The van der Waals surface area contributed by atoms with Crippen LogP contribution in [0.15, 0.2) is 34.0 Å². The Morgan fingerprint density at radius 2 is 1.96 bits per heavy atom. The van der Waals surface area contributed by atoms with Crippen molar-refractivity contribution in [3.63, 3.8) is 0 Å². The quantitative estimate of drug-likeness (QED) is 0.667. The molecule has 0 unspecified atom stereocenters. The van der Waals surface area contributed by atoms with Gasteiger partial charge in [-0.25, -0.2) is 4.79 Å². The highest BCUT2D eigenvalue weighted by Crippen LogP contribution is 2.30. The van der Waals surface area contributed by atoms with E-state index in [1.807, 2.05) is 6.92 Å². The lowest BCUT2D eigenvalue weighted by Gasteiger charge is -2.20. The van der Waals surface area contributed by atoms with Crippen molar-refractivity contribution in [3.05, 3.63) is 45.1 Å². The lowest BCUT2D eigenvalue weighted by atomic mass is 10.1. The molecule has 0 fully saturated rings. The number of carbonyl (C=O) groups excluding carboxylic acids is 1. The van der Waals surface area contributed by atoms with Crippen LogP contribution < -0.4 is 15.9 Å². The Labute approximate surface area is 165 Å². The summed E-state index contributed by atoms with van der Waals surface area (Å²) >= 11 is 1.23. The molecule has 0 saturated heterocycles. The van der Waals surface area contributed by atoms with E-state index >= 15 is 0 Å². The van der Waals surface area contributed by atoms with Crippen molar-refractivity contribution < 1.29 is 14.3 Å². The molecule has 0 saturated carbocycles. The molecule has 0 aromatic carbocycles. The maximum Gasteiger partial charge on any atom is 0.423 e. The Morgan fingerprint density at radius 1 is 1.25 bits per heavy atom. The first-order valence-electron chi connectivity index (χ1n) is 8.70. The molecule has 0 aliphatic heterocycles. The lowest BCUT2D eigenvalue weighted by Crippen LogP contribution is -2.34. The summed E-state index contributed by atoms with van der Waals surface area (Å²) in [4.78, 5) is 41.9. The normalized spacial score (nSPS) is 11.6. The molecule has 28 heavy (non-hydrogen) atoms. The van der Waals surface area contributed by atoms with Gasteiger partial charge >= 0.3 is 6.09 Å². The summed E-state index contributed by atoms with van der Waals surface area (Å²) in [5, 5.41) is 0.354. The standard InChI is InChI=1S/C19H21N3O5S/c1-6-26-17-20-15-13(28-17)9-12(11-7-8-14(23)21(5)10-11)16(24)22(15)18(25)27-19(2,3)4/h7-10H,6H2,1-5H3. The van der Waals surface area contributed by atoms with Gasteiger partial charge in [-0.1, -0.05) is 11.3 Å². The second kappa shape index (κ2) is 7.23. The smallest absolute Gasteiger partial charge is 0.423 e. The molecule has 0 amide bonds. The Morgan fingerprint density at radius 3 is 2.57 bits per heavy atom. The largest absolute Gasteiger partial charge is 0.470 e. The van der Waals surface area contributed by atoms with Crippen molar-refractivity contribution >= 4 is 27.8 Å². The summed E-state index contributed by atoms with van der Waals surface area (Å²) in [6, 6.07) is 4.57. The van der Waals surface area contributed by atoms with Crippen molar-refractivity contribution in [1.29, 1.82) is 0 Å². The molecule has 0 radical (unpaired) electrons. The maximum atomic E-state index is 13.2. The number of thiazole rings is 1. The van der Waals surface area contributed by atoms with Gasteiger partial charge in [-0.2, -0.15) is 9.55 Å². The topological polar surface area (TPSA) is 92.4 Å². The third-order valence-electron chi connectivity index (χ3n) is 3.78. The number of hydrogen-bond acceptors (Lipinski definition) is 7. The molecule has 9 heteroatoms. The van der Waals surface area contributed by atoms with Crippen LogP contribution in [-0.2, 0) is 11.8 Å². The Kier molecular flexibility index (Phi) is 5.12. The molecule has 8 nitrogen and oxygen atoms in total. The van der Waals surface area contributed by atoms with E-state index in [4.69, 9.17) is 9.47 Å². The van der Waals surface area contributed by atoms with Crippen molar-refractivity contribution in [2.24, 2.45) is 7.05 Å². The first kappa shape index (κ1) is 19.8.